The van der Waals surface area contributed by atoms with Gasteiger partial charge < -0.3 is 10.6 Å². The number of sulfonamides is 1. The first-order valence-electron chi connectivity index (χ1n) is 9.67. The number of amides is 2. The van der Waals surface area contributed by atoms with Gasteiger partial charge in [-0.15, -0.1) is 0 Å². The van der Waals surface area contributed by atoms with E-state index in [0.717, 1.165) is 9.87 Å². The second-order valence-corrected chi connectivity index (χ2v) is 9.26. The number of benzene rings is 3. The number of hydrogen-bond acceptors (Lipinski definition) is 4. The highest BCUT2D eigenvalue weighted by Gasteiger charge is 2.25. The van der Waals surface area contributed by atoms with Crippen LogP contribution in [0.5, 0.6) is 0 Å². The van der Waals surface area contributed by atoms with Crippen molar-refractivity contribution < 1.29 is 18.0 Å². The molecule has 3 rings (SSSR count). The number of carbonyl (C=O) groups is 2. The van der Waals surface area contributed by atoms with Crippen LogP contribution < -0.4 is 14.9 Å². The van der Waals surface area contributed by atoms with E-state index < -0.39 is 15.9 Å². The Labute approximate surface area is 192 Å². The number of hydrogen-bond donors (Lipinski definition) is 2. The zero-order valence-electron chi connectivity index (χ0n) is 17.5. The highest BCUT2D eigenvalue weighted by atomic mass is 35.5. The summed E-state index contributed by atoms with van der Waals surface area (Å²) in [6.07, 6.45) is 0. The minimum atomic E-state index is -3.99. The van der Waals surface area contributed by atoms with Gasteiger partial charge in [-0.2, -0.15) is 0 Å². The molecule has 32 heavy (non-hydrogen) atoms. The fourth-order valence-electron chi connectivity index (χ4n) is 3.02. The lowest BCUT2D eigenvalue weighted by atomic mass is 10.1. The smallest absolute Gasteiger partial charge is 0.265 e. The molecule has 0 unspecified atom stereocenters. The Morgan fingerprint density at radius 1 is 0.906 bits per heavy atom. The van der Waals surface area contributed by atoms with Crippen LogP contribution in [0.1, 0.15) is 26.3 Å². The Balaban J connectivity index is 1.81. The normalized spacial score (nSPS) is 11.0. The summed E-state index contributed by atoms with van der Waals surface area (Å²) in [6.45, 7) is 0.165. The molecule has 0 atom stereocenters. The van der Waals surface area contributed by atoms with Gasteiger partial charge in [0.15, 0.2) is 0 Å². The van der Waals surface area contributed by atoms with Gasteiger partial charge in [0.2, 0.25) is 0 Å². The largest absolute Gasteiger partial charge is 0.355 e. The highest BCUT2D eigenvalue weighted by Crippen LogP contribution is 2.28. The summed E-state index contributed by atoms with van der Waals surface area (Å²) < 4.78 is 27.3. The average Bonchev–Trinajstić information content (AvgIpc) is 2.82. The molecule has 9 heteroatoms. The summed E-state index contributed by atoms with van der Waals surface area (Å²) in [6, 6.07) is 19.5. The van der Waals surface area contributed by atoms with Crippen LogP contribution in [0.15, 0.2) is 77.7 Å². The summed E-state index contributed by atoms with van der Waals surface area (Å²) in [5, 5.41) is 5.30. The van der Waals surface area contributed by atoms with Gasteiger partial charge in [0.05, 0.1) is 10.7 Å². The molecule has 7 nitrogen and oxygen atoms in total. The molecule has 0 aliphatic carbocycles. The maximum atomic E-state index is 13.1. The van der Waals surface area contributed by atoms with Crippen LogP contribution in [0.4, 0.5) is 5.69 Å². The minimum absolute atomic E-state index is 0.0163. The molecule has 0 aliphatic heterocycles. The van der Waals surface area contributed by atoms with Crippen molar-refractivity contribution in [1.29, 1.82) is 0 Å². The second-order valence-electron chi connectivity index (χ2n) is 6.92. The van der Waals surface area contributed by atoms with E-state index in [1.54, 1.807) is 54.6 Å². The van der Waals surface area contributed by atoms with Gasteiger partial charge in [-0.3, -0.25) is 13.9 Å². The minimum Gasteiger partial charge on any atom is -0.355 e. The first kappa shape index (κ1) is 23.3. The molecule has 0 spiro atoms. The fraction of sp³-hybridized carbons (Fsp3) is 0.130. The van der Waals surface area contributed by atoms with Crippen LogP contribution in [-0.4, -0.2) is 34.3 Å². The van der Waals surface area contributed by atoms with Crippen molar-refractivity contribution in [3.8, 4) is 0 Å². The molecule has 0 saturated carbocycles. The molecule has 0 aromatic heterocycles. The number of anilines is 1. The van der Waals surface area contributed by atoms with E-state index >= 15 is 0 Å². The van der Waals surface area contributed by atoms with E-state index in [-0.39, 0.29) is 27.9 Å². The average molecular weight is 472 g/mol. The molecule has 2 N–H and O–H groups in total. The maximum absolute atomic E-state index is 13.1. The maximum Gasteiger partial charge on any atom is 0.265 e. The van der Waals surface area contributed by atoms with Gasteiger partial charge in [0.25, 0.3) is 21.8 Å². The Kier molecular flexibility index (Phi) is 7.17. The Morgan fingerprint density at radius 2 is 1.59 bits per heavy atom. The molecular weight excluding hydrogens is 450 g/mol. The van der Waals surface area contributed by atoms with Crippen LogP contribution >= 0.6 is 11.6 Å². The molecule has 0 heterocycles. The third-order valence-corrected chi connectivity index (χ3v) is 7.09. The highest BCUT2D eigenvalue weighted by molar-refractivity contribution is 7.93. The van der Waals surface area contributed by atoms with Crippen molar-refractivity contribution in [2.45, 2.75) is 11.4 Å². The lowest BCUT2D eigenvalue weighted by Crippen LogP contribution is -2.28. The van der Waals surface area contributed by atoms with Crippen LogP contribution in [0.2, 0.25) is 5.02 Å². The molecule has 166 valence electrons. The van der Waals surface area contributed by atoms with Gasteiger partial charge in [-0.05, 0) is 48.0 Å². The Bertz CT molecular complexity index is 1250. The number of nitrogens with one attached hydrogen (secondary N) is 2. The topological polar surface area (TPSA) is 95.6 Å². The second kappa shape index (κ2) is 9.84. The zero-order chi connectivity index (χ0) is 23.3. The predicted octanol–water partition coefficient (Wildman–Crippen LogP) is 3.45. The predicted molar refractivity (Wildman–Crippen MR) is 124 cm³/mol. The van der Waals surface area contributed by atoms with Crippen LogP contribution in [0.3, 0.4) is 0 Å². The van der Waals surface area contributed by atoms with Crippen molar-refractivity contribution in [2.24, 2.45) is 0 Å². The number of carbonyl (C=O) groups excluding carboxylic acids is 2. The molecule has 0 radical (unpaired) electrons. The molecule has 0 bridgehead atoms. The van der Waals surface area contributed by atoms with E-state index in [4.69, 9.17) is 11.6 Å². The monoisotopic (exact) mass is 471 g/mol. The molecule has 2 amide bonds. The number of nitrogens with zero attached hydrogens (tertiary/aromatic N) is 1. The molecular formula is C23H22ClN3O4S. The Morgan fingerprint density at radius 3 is 2.28 bits per heavy atom. The van der Waals surface area contributed by atoms with Crippen LogP contribution in [0.25, 0.3) is 0 Å². The van der Waals surface area contributed by atoms with E-state index in [0.29, 0.717) is 11.3 Å². The summed E-state index contributed by atoms with van der Waals surface area (Å²) in [7, 11) is -1.02. The Hall–Kier alpha value is -3.36. The molecule has 0 fully saturated rings. The third kappa shape index (κ3) is 5.09. The van der Waals surface area contributed by atoms with Crippen molar-refractivity contribution in [3.63, 3.8) is 0 Å². The van der Waals surface area contributed by atoms with Crippen molar-refractivity contribution in [2.75, 3.05) is 18.4 Å². The number of para-hydroxylation sites is 1. The summed E-state index contributed by atoms with van der Waals surface area (Å²) in [4.78, 5) is 24.3. The van der Waals surface area contributed by atoms with Gasteiger partial charge in [0, 0.05) is 31.8 Å². The van der Waals surface area contributed by atoms with E-state index in [9.17, 15) is 18.0 Å². The van der Waals surface area contributed by atoms with Crippen LogP contribution in [0, 0.1) is 0 Å². The van der Waals surface area contributed by atoms with Crippen LogP contribution in [-0.2, 0) is 16.6 Å². The summed E-state index contributed by atoms with van der Waals surface area (Å²) in [5.74, 6) is -0.695. The number of halogens is 1. The lowest BCUT2D eigenvalue weighted by molar-refractivity contribution is 0.0948. The van der Waals surface area contributed by atoms with Crippen molar-refractivity contribution in [3.05, 3.63) is 94.5 Å². The molecule has 3 aromatic carbocycles. The number of rotatable bonds is 7. The van der Waals surface area contributed by atoms with Crippen molar-refractivity contribution in [1.82, 2.24) is 10.6 Å². The summed E-state index contributed by atoms with van der Waals surface area (Å²) >= 11 is 6.18. The van der Waals surface area contributed by atoms with E-state index in [1.807, 2.05) is 0 Å². The van der Waals surface area contributed by atoms with Crippen molar-refractivity contribution >= 4 is 39.1 Å². The first-order chi connectivity index (χ1) is 15.2. The standard InChI is InChI=1S/C23H22ClN3O4S/c1-25-22(28)17-8-6-7-16(13-17)15-26-23(29)18-11-12-20(24)21(14-18)32(30,31)27(2)19-9-4-3-5-10-19/h3-14H,15H2,1-2H3,(H,25,28)(H,26,29). The zero-order valence-corrected chi connectivity index (χ0v) is 19.1. The SMILES string of the molecule is CNC(=O)c1cccc(CNC(=O)c2ccc(Cl)c(S(=O)(=O)N(C)c3ccccc3)c2)c1. The van der Waals surface area contributed by atoms with Gasteiger partial charge in [0.1, 0.15) is 4.90 Å². The summed E-state index contributed by atoms with van der Waals surface area (Å²) in [5.41, 5.74) is 1.82. The van der Waals surface area contributed by atoms with Gasteiger partial charge in [-0.1, -0.05) is 41.9 Å². The molecule has 3 aromatic rings. The molecule has 0 saturated heterocycles. The fourth-order valence-corrected chi connectivity index (χ4v) is 4.71. The van der Waals surface area contributed by atoms with E-state index in [1.165, 1.54) is 32.3 Å². The lowest BCUT2D eigenvalue weighted by Gasteiger charge is -2.20. The molecule has 0 aliphatic rings. The van der Waals surface area contributed by atoms with Gasteiger partial charge in [-0.25, -0.2) is 8.42 Å². The third-order valence-electron chi connectivity index (χ3n) is 4.82. The van der Waals surface area contributed by atoms with Gasteiger partial charge >= 0.3 is 0 Å². The van der Waals surface area contributed by atoms with E-state index in [2.05, 4.69) is 10.6 Å². The quantitative estimate of drug-likeness (QED) is 0.551. The first-order valence-corrected chi connectivity index (χ1v) is 11.5.